The Morgan fingerprint density at radius 3 is 2.68 bits per heavy atom. The fourth-order valence-corrected chi connectivity index (χ4v) is 3.18. The molecule has 0 saturated carbocycles. The Labute approximate surface area is 112 Å². The molecular formula is C10H18N4O4S. The molecule has 0 radical (unpaired) electrons. The van der Waals surface area contributed by atoms with Crippen molar-refractivity contribution < 1.29 is 18.0 Å². The number of hydrogen-bond acceptors (Lipinski definition) is 6. The zero-order valence-corrected chi connectivity index (χ0v) is 11.6. The molecule has 0 aromatic carbocycles. The molecule has 8 nitrogen and oxygen atoms in total. The zero-order chi connectivity index (χ0) is 13.9. The van der Waals surface area contributed by atoms with Crippen LogP contribution in [0.4, 0.5) is 0 Å². The highest BCUT2D eigenvalue weighted by Crippen LogP contribution is 2.18. The molecule has 9 heteroatoms. The first-order valence-corrected chi connectivity index (χ1v) is 7.60. The molecule has 2 rings (SSSR count). The van der Waals surface area contributed by atoms with Crippen molar-refractivity contribution >= 4 is 10.2 Å². The summed E-state index contributed by atoms with van der Waals surface area (Å²) in [7, 11) is -3.52. The van der Waals surface area contributed by atoms with Gasteiger partial charge in [0, 0.05) is 26.6 Å². The van der Waals surface area contributed by atoms with E-state index in [1.165, 1.54) is 4.31 Å². The van der Waals surface area contributed by atoms with Gasteiger partial charge in [0.05, 0.1) is 6.54 Å². The van der Waals surface area contributed by atoms with E-state index in [1.54, 1.807) is 6.92 Å². The third-order valence-corrected chi connectivity index (χ3v) is 4.71. The molecule has 0 amide bonds. The van der Waals surface area contributed by atoms with E-state index in [-0.39, 0.29) is 19.1 Å². The number of aryl methyl sites for hydroxylation is 1. The van der Waals surface area contributed by atoms with Crippen molar-refractivity contribution in [3.05, 3.63) is 11.7 Å². The average Bonchev–Trinajstić information content (AvgIpc) is 2.82. The molecule has 1 fully saturated rings. The van der Waals surface area contributed by atoms with Gasteiger partial charge in [-0.25, -0.2) is 0 Å². The first-order chi connectivity index (χ1) is 9.01. The predicted octanol–water partition coefficient (Wildman–Crippen LogP) is -0.583. The summed E-state index contributed by atoms with van der Waals surface area (Å²) >= 11 is 0. The van der Waals surface area contributed by atoms with Crippen LogP contribution in [-0.2, 0) is 16.8 Å². The molecule has 1 aliphatic heterocycles. The summed E-state index contributed by atoms with van der Waals surface area (Å²) in [6.07, 6.45) is 1.36. The van der Waals surface area contributed by atoms with E-state index >= 15 is 0 Å². The molecule has 19 heavy (non-hydrogen) atoms. The summed E-state index contributed by atoms with van der Waals surface area (Å²) in [6, 6.07) is 0. The van der Waals surface area contributed by atoms with E-state index in [2.05, 4.69) is 14.9 Å². The van der Waals surface area contributed by atoms with Gasteiger partial charge >= 0.3 is 0 Å². The minimum absolute atomic E-state index is 0.0135. The lowest BCUT2D eigenvalue weighted by atomic mass is 10.00. The molecule has 0 bridgehead atoms. The second-order valence-electron chi connectivity index (χ2n) is 4.58. The van der Waals surface area contributed by atoms with Gasteiger partial charge in [0.25, 0.3) is 10.2 Å². The SMILES string of the molecule is Cc1nc(CNS(=O)(=O)N2CCC(CO)CC2)no1. The van der Waals surface area contributed by atoms with E-state index in [0.717, 1.165) is 0 Å². The predicted molar refractivity (Wildman–Crippen MR) is 66.2 cm³/mol. The molecule has 108 valence electrons. The summed E-state index contributed by atoms with van der Waals surface area (Å²) in [5.41, 5.74) is 0. The molecule has 2 heterocycles. The van der Waals surface area contributed by atoms with E-state index in [4.69, 9.17) is 9.63 Å². The van der Waals surface area contributed by atoms with Gasteiger partial charge in [0.2, 0.25) is 5.89 Å². The molecule has 0 aliphatic carbocycles. The Balaban J connectivity index is 1.88. The number of nitrogens with zero attached hydrogens (tertiary/aromatic N) is 3. The molecular weight excluding hydrogens is 272 g/mol. The first kappa shape index (κ1) is 14.4. The van der Waals surface area contributed by atoms with Crippen LogP contribution in [-0.4, -0.2) is 47.7 Å². The number of aromatic nitrogens is 2. The quantitative estimate of drug-likeness (QED) is 0.751. The Hall–Kier alpha value is -1.03. The van der Waals surface area contributed by atoms with Crippen molar-refractivity contribution in [2.24, 2.45) is 5.92 Å². The Morgan fingerprint density at radius 2 is 2.16 bits per heavy atom. The van der Waals surface area contributed by atoms with Crippen LogP contribution in [0.3, 0.4) is 0 Å². The molecule has 1 aromatic rings. The lowest BCUT2D eigenvalue weighted by molar-refractivity contribution is 0.169. The maximum Gasteiger partial charge on any atom is 0.279 e. The lowest BCUT2D eigenvalue weighted by Gasteiger charge is -2.30. The average molecular weight is 290 g/mol. The second-order valence-corrected chi connectivity index (χ2v) is 6.34. The summed E-state index contributed by atoms with van der Waals surface area (Å²) in [4.78, 5) is 3.93. The van der Waals surface area contributed by atoms with Crippen LogP contribution in [0.25, 0.3) is 0 Å². The van der Waals surface area contributed by atoms with E-state index in [9.17, 15) is 8.42 Å². The van der Waals surface area contributed by atoms with Crippen molar-refractivity contribution in [1.82, 2.24) is 19.2 Å². The van der Waals surface area contributed by atoms with Crippen molar-refractivity contribution in [2.45, 2.75) is 26.3 Å². The second kappa shape index (κ2) is 5.95. The van der Waals surface area contributed by atoms with E-state index < -0.39 is 10.2 Å². The van der Waals surface area contributed by atoms with Crippen LogP contribution in [0.5, 0.6) is 0 Å². The number of rotatable bonds is 5. The van der Waals surface area contributed by atoms with Crippen LogP contribution in [0, 0.1) is 12.8 Å². The lowest BCUT2D eigenvalue weighted by Crippen LogP contribution is -2.45. The molecule has 0 unspecified atom stereocenters. The van der Waals surface area contributed by atoms with Gasteiger partial charge in [0.1, 0.15) is 0 Å². The molecule has 1 aliphatic rings. The number of hydrogen-bond donors (Lipinski definition) is 2. The van der Waals surface area contributed by atoms with Crippen LogP contribution in [0.1, 0.15) is 24.6 Å². The smallest absolute Gasteiger partial charge is 0.279 e. The van der Waals surface area contributed by atoms with Crippen LogP contribution < -0.4 is 4.72 Å². The number of piperidine rings is 1. The first-order valence-electron chi connectivity index (χ1n) is 6.16. The van der Waals surface area contributed by atoms with Gasteiger partial charge in [-0.1, -0.05) is 5.16 Å². The molecule has 1 aromatic heterocycles. The number of nitrogens with one attached hydrogen (secondary N) is 1. The normalized spacial score (nSPS) is 18.8. The van der Waals surface area contributed by atoms with Gasteiger partial charge in [-0.05, 0) is 18.8 Å². The van der Waals surface area contributed by atoms with Crippen LogP contribution in [0.2, 0.25) is 0 Å². The van der Waals surface area contributed by atoms with Gasteiger partial charge in [-0.2, -0.15) is 22.4 Å². The summed E-state index contributed by atoms with van der Waals surface area (Å²) < 4.78 is 32.6. The number of aliphatic hydroxyl groups is 1. The monoisotopic (exact) mass is 290 g/mol. The highest BCUT2D eigenvalue weighted by molar-refractivity contribution is 7.87. The standard InChI is InChI=1S/C10H18N4O4S/c1-8-12-10(13-18-8)6-11-19(16,17)14-4-2-9(7-15)3-5-14/h9,11,15H,2-7H2,1H3. The van der Waals surface area contributed by atoms with Gasteiger partial charge in [0.15, 0.2) is 5.82 Å². The fraction of sp³-hybridized carbons (Fsp3) is 0.800. The van der Waals surface area contributed by atoms with Gasteiger partial charge < -0.3 is 9.63 Å². The summed E-state index contributed by atoms with van der Waals surface area (Å²) in [6.45, 7) is 2.62. The van der Waals surface area contributed by atoms with E-state index in [1.807, 2.05) is 0 Å². The molecule has 0 atom stereocenters. The van der Waals surface area contributed by atoms with Crippen LogP contribution >= 0.6 is 0 Å². The highest BCUT2D eigenvalue weighted by Gasteiger charge is 2.27. The Bertz CT molecular complexity index is 507. The number of aliphatic hydroxyl groups excluding tert-OH is 1. The molecule has 2 N–H and O–H groups in total. The van der Waals surface area contributed by atoms with Gasteiger partial charge in [-0.3, -0.25) is 0 Å². The van der Waals surface area contributed by atoms with Gasteiger partial charge in [-0.15, -0.1) is 0 Å². The van der Waals surface area contributed by atoms with Crippen LogP contribution in [0.15, 0.2) is 4.52 Å². The third-order valence-electron chi connectivity index (χ3n) is 3.15. The van der Waals surface area contributed by atoms with Crippen molar-refractivity contribution in [2.75, 3.05) is 19.7 Å². The Morgan fingerprint density at radius 1 is 1.47 bits per heavy atom. The fourth-order valence-electron chi connectivity index (χ4n) is 1.99. The van der Waals surface area contributed by atoms with E-state index in [0.29, 0.717) is 37.6 Å². The minimum Gasteiger partial charge on any atom is -0.396 e. The minimum atomic E-state index is -3.52. The maximum absolute atomic E-state index is 12.0. The maximum atomic E-state index is 12.0. The summed E-state index contributed by atoms with van der Waals surface area (Å²) in [5, 5.41) is 12.6. The molecule has 1 saturated heterocycles. The third kappa shape index (κ3) is 3.72. The van der Waals surface area contributed by atoms with Crippen molar-refractivity contribution in [1.29, 1.82) is 0 Å². The summed E-state index contributed by atoms with van der Waals surface area (Å²) in [5.74, 6) is 0.913. The zero-order valence-electron chi connectivity index (χ0n) is 10.7. The molecule has 0 spiro atoms. The largest absolute Gasteiger partial charge is 0.396 e. The van der Waals surface area contributed by atoms with Crippen molar-refractivity contribution in [3.8, 4) is 0 Å². The topological polar surface area (TPSA) is 109 Å². The Kier molecular flexibility index (Phi) is 4.50. The highest BCUT2D eigenvalue weighted by atomic mass is 32.2. The van der Waals surface area contributed by atoms with Crippen molar-refractivity contribution in [3.63, 3.8) is 0 Å².